The van der Waals surface area contributed by atoms with Gasteiger partial charge in [0.15, 0.2) is 5.82 Å². The Morgan fingerprint density at radius 3 is 2.95 bits per heavy atom. The van der Waals surface area contributed by atoms with Crippen LogP contribution in [-0.4, -0.2) is 26.6 Å². The Balaban J connectivity index is 2.32. The Kier molecular flexibility index (Phi) is 2.94. The number of aromatic nitrogens is 4. The summed E-state index contributed by atoms with van der Waals surface area (Å²) in [7, 11) is 1.83. The Bertz CT molecular complexity index is 728. The Morgan fingerprint density at radius 1 is 1.37 bits per heavy atom. The van der Waals surface area contributed by atoms with Gasteiger partial charge < -0.3 is 5.32 Å². The summed E-state index contributed by atoms with van der Waals surface area (Å²) in [5, 5.41) is 4.10. The summed E-state index contributed by atoms with van der Waals surface area (Å²) in [5.41, 5.74) is 0. The van der Waals surface area contributed by atoms with E-state index in [9.17, 15) is 0 Å². The van der Waals surface area contributed by atoms with E-state index in [2.05, 4.69) is 40.2 Å². The highest BCUT2D eigenvalue weighted by molar-refractivity contribution is 7.18. The van der Waals surface area contributed by atoms with Gasteiger partial charge in [0.25, 0.3) is 0 Å². The summed E-state index contributed by atoms with van der Waals surface area (Å²) < 4.78 is 2.04. The van der Waals surface area contributed by atoms with Gasteiger partial charge in [-0.25, -0.2) is 9.97 Å². The molecule has 0 aliphatic carbocycles. The molecule has 0 fully saturated rings. The SMILES string of the molecule is CCc1nccn1-c1nc(NC)nc2sc(C)cc12. The molecule has 0 saturated heterocycles. The second-order valence-corrected chi connectivity index (χ2v) is 5.50. The Hall–Kier alpha value is -1.95. The van der Waals surface area contributed by atoms with Crippen molar-refractivity contribution in [2.24, 2.45) is 0 Å². The Morgan fingerprint density at radius 2 is 2.21 bits per heavy atom. The number of rotatable bonds is 3. The molecule has 19 heavy (non-hydrogen) atoms. The molecule has 3 aromatic rings. The molecular weight excluding hydrogens is 258 g/mol. The van der Waals surface area contributed by atoms with Crippen LogP contribution in [0.25, 0.3) is 16.0 Å². The molecule has 0 aliphatic rings. The third-order valence-corrected chi connectivity index (χ3v) is 3.93. The first-order chi connectivity index (χ1) is 9.22. The second kappa shape index (κ2) is 4.62. The van der Waals surface area contributed by atoms with Crippen molar-refractivity contribution in [2.45, 2.75) is 20.3 Å². The quantitative estimate of drug-likeness (QED) is 0.797. The third-order valence-electron chi connectivity index (χ3n) is 2.98. The van der Waals surface area contributed by atoms with Crippen molar-refractivity contribution in [3.05, 3.63) is 29.2 Å². The van der Waals surface area contributed by atoms with Crippen LogP contribution < -0.4 is 5.32 Å². The molecule has 3 aromatic heterocycles. The van der Waals surface area contributed by atoms with Crippen molar-refractivity contribution in [1.82, 2.24) is 19.5 Å². The predicted octanol–water partition coefficient (Wildman–Crippen LogP) is 2.79. The molecule has 1 N–H and O–H groups in total. The van der Waals surface area contributed by atoms with Gasteiger partial charge in [-0.1, -0.05) is 6.92 Å². The highest BCUT2D eigenvalue weighted by atomic mass is 32.1. The predicted molar refractivity (Wildman–Crippen MR) is 78.2 cm³/mol. The van der Waals surface area contributed by atoms with E-state index in [0.29, 0.717) is 5.95 Å². The van der Waals surface area contributed by atoms with Gasteiger partial charge in [-0.2, -0.15) is 4.98 Å². The van der Waals surface area contributed by atoms with E-state index in [0.717, 1.165) is 28.3 Å². The van der Waals surface area contributed by atoms with Crippen LogP contribution >= 0.6 is 11.3 Å². The first kappa shape index (κ1) is 12.1. The van der Waals surface area contributed by atoms with Gasteiger partial charge in [0, 0.05) is 30.7 Å². The molecular formula is C13H15N5S. The summed E-state index contributed by atoms with van der Waals surface area (Å²) in [4.78, 5) is 15.7. The molecule has 0 spiro atoms. The van der Waals surface area contributed by atoms with Crippen molar-refractivity contribution in [1.29, 1.82) is 0 Å². The molecule has 0 aliphatic heterocycles. The molecule has 5 nitrogen and oxygen atoms in total. The molecule has 0 bridgehead atoms. The average molecular weight is 273 g/mol. The van der Waals surface area contributed by atoms with E-state index in [4.69, 9.17) is 0 Å². The van der Waals surface area contributed by atoms with Crippen LogP contribution in [0.5, 0.6) is 0 Å². The average Bonchev–Trinajstić information content (AvgIpc) is 3.01. The van der Waals surface area contributed by atoms with Crippen LogP contribution in [0.1, 0.15) is 17.6 Å². The van der Waals surface area contributed by atoms with Crippen LogP contribution in [0.15, 0.2) is 18.5 Å². The molecule has 3 rings (SSSR count). The molecule has 0 aromatic carbocycles. The number of fused-ring (bicyclic) bond motifs is 1. The molecule has 6 heteroatoms. The standard InChI is InChI=1S/C13H15N5S/c1-4-10-15-5-6-18(10)11-9-7-8(2)19-12(9)17-13(14-3)16-11/h5-7H,4H2,1-3H3,(H,14,16,17). The van der Waals surface area contributed by atoms with Crippen molar-refractivity contribution < 1.29 is 0 Å². The number of imidazole rings is 1. The van der Waals surface area contributed by atoms with Crippen LogP contribution in [-0.2, 0) is 6.42 Å². The van der Waals surface area contributed by atoms with E-state index in [1.807, 2.05) is 24.0 Å². The largest absolute Gasteiger partial charge is 0.357 e. The minimum atomic E-state index is 0.639. The number of anilines is 1. The van der Waals surface area contributed by atoms with E-state index in [1.54, 1.807) is 11.3 Å². The number of aryl methyl sites for hydroxylation is 2. The lowest BCUT2D eigenvalue weighted by atomic mass is 10.3. The van der Waals surface area contributed by atoms with E-state index in [-0.39, 0.29) is 0 Å². The first-order valence-corrected chi connectivity index (χ1v) is 7.03. The summed E-state index contributed by atoms with van der Waals surface area (Å²) in [6.45, 7) is 4.18. The van der Waals surface area contributed by atoms with Crippen LogP contribution in [0.2, 0.25) is 0 Å². The molecule has 0 unspecified atom stereocenters. The van der Waals surface area contributed by atoms with Gasteiger partial charge in [-0.15, -0.1) is 11.3 Å². The second-order valence-electron chi connectivity index (χ2n) is 4.26. The van der Waals surface area contributed by atoms with E-state index >= 15 is 0 Å². The van der Waals surface area contributed by atoms with Crippen molar-refractivity contribution >= 4 is 27.5 Å². The summed E-state index contributed by atoms with van der Waals surface area (Å²) in [5.74, 6) is 2.54. The van der Waals surface area contributed by atoms with Crippen LogP contribution in [0.3, 0.4) is 0 Å². The number of hydrogen-bond acceptors (Lipinski definition) is 5. The highest BCUT2D eigenvalue weighted by Gasteiger charge is 2.13. The minimum Gasteiger partial charge on any atom is -0.357 e. The number of nitrogens with zero attached hydrogens (tertiary/aromatic N) is 4. The molecule has 0 radical (unpaired) electrons. The molecule has 0 amide bonds. The molecule has 0 saturated carbocycles. The zero-order valence-corrected chi connectivity index (χ0v) is 12.0. The van der Waals surface area contributed by atoms with Gasteiger partial charge in [0.05, 0.1) is 5.39 Å². The fourth-order valence-corrected chi connectivity index (χ4v) is 2.99. The minimum absolute atomic E-state index is 0.639. The molecule has 0 atom stereocenters. The van der Waals surface area contributed by atoms with Crippen molar-refractivity contribution in [3.63, 3.8) is 0 Å². The van der Waals surface area contributed by atoms with Gasteiger partial charge >= 0.3 is 0 Å². The zero-order valence-electron chi connectivity index (χ0n) is 11.1. The van der Waals surface area contributed by atoms with Crippen molar-refractivity contribution in [3.8, 4) is 5.82 Å². The monoisotopic (exact) mass is 273 g/mol. The smallest absolute Gasteiger partial charge is 0.225 e. The maximum Gasteiger partial charge on any atom is 0.225 e. The number of thiophene rings is 1. The van der Waals surface area contributed by atoms with Gasteiger partial charge in [-0.3, -0.25) is 4.57 Å². The fraction of sp³-hybridized carbons (Fsp3) is 0.308. The van der Waals surface area contributed by atoms with Crippen LogP contribution in [0, 0.1) is 6.92 Å². The first-order valence-electron chi connectivity index (χ1n) is 6.21. The summed E-state index contributed by atoms with van der Waals surface area (Å²) >= 11 is 1.68. The maximum atomic E-state index is 4.59. The van der Waals surface area contributed by atoms with Gasteiger partial charge in [0.1, 0.15) is 10.7 Å². The lowest BCUT2D eigenvalue weighted by Crippen LogP contribution is -2.05. The fourth-order valence-electron chi connectivity index (χ4n) is 2.11. The van der Waals surface area contributed by atoms with E-state index < -0.39 is 0 Å². The molecule has 98 valence electrons. The van der Waals surface area contributed by atoms with E-state index in [1.165, 1.54) is 4.88 Å². The lowest BCUT2D eigenvalue weighted by molar-refractivity contribution is 0.872. The van der Waals surface area contributed by atoms with Gasteiger partial charge in [-0.05, 0) is 13.0 Å². The summed E-state index contributed by atoms with van der Waals surface area (Å²) in [6.07, 6.45) is 4.63. The Labute approximate surface area is 115 Å². The van der Waals surface area contributed by atoms with Gasteiger partial charge in [0.2, 0.25) is 5.95 Å². The maximum absolute atomic E-state index is 4.59. The molecule has 3 heterocycles. The summed E-state index contributed by atoms with van der Waals surface area (Å²) in [6, 6.07) is 2.13. The van der Waals surface area contributed by atoms with Crippen molar-refractivity contribution in [2.75, 3.05) is 12.4 Å². The lowest BCUT2D eigenvalue weighted by Gasteiger charge is -2.08. The topological polar surface area (TPSA) is 55.6 Å². The number of nitrogens with one attached hydrogen (secondary N) is 1. The van der Waals surface area contributed by atoms with Crippen LogP contribution in [0.4, 0.5) is 5.95 Å². The number of hydrogen-bond donors (Lipinski definition) is 1. The third kappa shape index (κ3) is 1.98. The highest BCUT2D eigenvalue weighted by Crippen LogP contribution is 2.29. The zero-order chi connectivity index (χ0) is 13.4. The normalized spacial score (nSPS) is 11.1.